The summed E-state index contributed by atoms with van der Waals surface area (Å²) in [6.45, 7) is 10.3. The number of carbonyl (C=O) groups excluding carboxylic acids is 3. The van der Waals surface area contributed by atoms with Crippen molar-refractivity contribution < 1.29 is 33.7 Å². The van der Waals surface area contributed by atoms with E-state index in [2.05, 4.69) is 6.58 Å². The number of allylic oxidation sites excluding steroid dienone is 1. The second kappa shape index (κ2) is 7.78. The number of aliphatic hydroxyl groups is 1. The van der Waals surface area contributed by atoms with Gasteiger partial charge >= 0.3 is 17.9 Å². The lowest BCUT2D eigenvalue weighted by Crippen LogP contribution is -2.42. The number of hydrogen-bond donors (Lipinski definition) is 1. The topological polar surface area (TPSA) is 99.1 Å². The van der Waals surface area contributed by atoms with Crippen molar-refractivity contribution in [2.75, 3.05) is 6.61 Å². The molecule has 1 N–H and O–H groups in total. The Kier molecular flexibility index (Phi) is 5.72. The van der Waals surface area contributed by atoms with E-state index in [0.29, 0.717) is 30.4 Å². The molecule has 5 unspecified atom stereocenters. The van der Waals surface area contributed by atoms with Gasteiger partial charge in [-0.15, -0.1) is 0 Å². The van der Waals surface area contributed by atoms with Crippen LogP contribution in [-0.2, 0) is 28.6 Å². The van der Waals surface area contributed by atoms with Crippen molar-refractivity contribution in [3.8, 4) is 0 Å². The summed E-state index contributed by atoms with van der Waals surface area (Å²) in [5, 5.41) is 11.0. The van der Waals surface area contributed by atoms with E-state index in [1.165, 1.54) is 6.92 Å². The molecule has 0 aromatic heterocycles. The van der Waals surface area contributed by atoms with Gasteiger partial charge in [0.05, 0.1) is 11.2 Å². The van der Waals surface area contributed by atoms with Crippen molar-refractivity contribution in [3.05, 3.63) is 34.9 Å². The molecule has 2 saturated carbocycles. The van der Waals surface area contributed by atoms with Crippen molar-refractivity contribution in [1.82, 2.24) is 0 Å². The first-order valence-electron chi connectivity index (χ1n) is 9.88. The van der Waals surface area contributed by atoms with E-state index < -0.39 is 41.6 Å². The SMILES string of the molecule is C=C1CC(OC(=O)C(C)=CC)C2=C(COC(C)=O)C(=O)OC2C2C1CCC2(C)O. The lowest BCUT2D eigenvalue weighted by atomic mass is 9.79. The van der Waals surface area contributed by atoms with E-state index in [-0.39, 0.29) is 18.1 Å². The maximum absolute atomic E-state index is 12.6. The molecule has 7 nitrogen and oxygen atoms in total. The third-order valence-electron chi connectivity index (χ3n) is 6.32. The van der Waals surface area contributed by atoms with Gasteiger partial charge in [-0.25, -0.2) is 9.59 Å². The highest BCUT2D eigenvalue weighted by molar-refractivity contribution is 5.94. The molecule has 29 heavy (non-hydrogen) atoms. The van der Waals surface area contributed by atoms with Crippen LogP contribution in [0.4, 0.5) is 0 Å². The molecule has 0 spiro atoms. The minimum Gasteiger partial charge on any atom is -0.461 e. The Balaban J connectivity index is 2.07. The molecular formula is C22H28O7. The summed E-state index contributed by atoms with van der Waals surface area (Å²) >= 11 is 0. The van der Waals surface area contributed by atoms with Gasteiger partial charge in [0.15, 0.2) is 0 Å². The van der Waals surface area contributed by atoms with Crippen LogP contribution in [0.15, 0.2) is 34.9 Å². The summed E-state index contributed by atoms with van der Waals surface area (Å²) in [6, 6.07) is 0. The third kappa shape index (κ3) is 3.88. The minimum absolute atomic E-state index is 0.0580. The fraction of sp³-hybridized carbons (Fsp3) is 0.591. The summed E-state index contributed by atoms with van der Waals surface area (Å²) in [5.41, 5.74) is 0.893. The van der Waals surface area contributed by atoms with Gasteiger partial charge in [0.25, 0.3) is 0 Å². The fourth-order valence-electron chi connectivity index (χ4n) is 4.67. The molecule has 1 aliphatic heterocycles. The summed E-state index contributed by atoms with van der Waals surface area (Å²) in [4.78, 5) is 36.4. The molecular weight excluding hydrogens is 376 g/mol. The normalized spacial score (nSPS) is 34.3. The Hall–Kier alpha value is -2.41. The molecule has 0 aromatic carbocycles. The van der Waals surface area contributed by atoms with Crippen LogP contribution in [0.25, 0.3) is 0 Å². The Bertz CT molecular complexity index is 817. The molecule has 3 aliphatic rings. The van der Waals surface area contributed by atoms with Crippen LogP contribution in [0.3, 0.4) is 0 Å². The molecule has 2 fully saturated rings. The average Bonchev–Trinajstić information content (AvgIpc) is 3.09. The number of carbonyl (C=O) groups is 3. The first-order valence-corrected chi connectivity index (χ1v) is 9.88. The molecule has 1 heterocycles. The van der Waals surface area contributed by atoms with Gasteiger partial charge in [-0.05, 0) is 39.5 Å². The summed E-state index contributed by atoms with van der Waals surface area (Å²) in [6.07, 6.45) is 1.73. The first kappa shape index (κ1) is 21.3. The smallest absolute Gasteiger partial charge is 0.338 e. The summed E-state index contributed by atoms with van der Waals surface area (Å²) < 4.78 is 16.5. The molecule has 5 atom stereocenters. The van der Waals surface area contributed by atoms with Crippen molar-refractivity contribution in [2.24, 2.45) is 11.8 Å². The zero-order chi connectivity index (χ0) is 21.5. The third-order valence-corrected chi connectivity index (χ3v) is 6.32. The van der Waals surface area contributed by atoms with Crippen LogP contribution in [0.1, 0.15) is 47.0 Å². The van der Waals surface area contributed by atoms with Crippen molar-refractivity contribution >= 4 is 17.9 Å². The molecule has 2 aliphatic carbocycles. The summed E-state index contributed by atoms with van der Waals surface area (Å²) in [5.74, 6) is -2.09. The number of esters is 3. The second-order valence-corrected chi connectivity index (χ2v) is 8.30. The molecule has 0 saturated heterocycles. The number of ether oxygens (including phenoxy) is 3. The van der Waals surface area contributed by atoms with Crippen LogP contribution in [0, 0.1) is 11.8 Å². The largest absolute Gasteiger partial charge is 0.461 e. The highest BCUT2D eigenvalue weighted by Gasteiger charge is 2.57. The molecule has 3 rings (SSSR count). The first-order chi connectivity index (χ1) is 13.6. The second-order valence-electron chi connectivity index (χ2n) is 8.30. The quantitative estimate of drug-likeness (QED) is 0.332. The molecule has 158 valence electrons. The van der Waals surface area contributed by atoms with Crippen LogP contribution >= 0.6 is 0 Å². The summed E-state index contributed by atoms with van der Waals surface area (Å²) in [7, 11) is 0. The van der Waals surface area contributed by atoms with Crippen LogP contribution in [-0.4, -0.2) is 47.4 Å². The van der Waals surface area contributed by atoms with Crippen molar-refractivity contribution in [3.63, 3.8) is 0 Å². The molecule has 0 bridgehead atoms. The highest BCUT2D eigenvalue weighted by Crippen LogP contribution is 2.53. The highest BCUT2D eigenvalue weighted by atomic mass is 16.6. The lowest BCUT2D eigenvalue weighted by molar-refractivity contribution is -0.147. The molecule has 0 amide bonds. The predicted molar refractivity (Wildman–Crippen MR) is 103 cm³/mol. The van der Waals surface area contributed by atoms with Gasteiger partial charge in [-0.3, -0.25) is 4.79 Å². The predicted octanol–water partition coefficient (Wildman–Crippen LogP) is 2.39. The van der Waals surface area contributed by atoms with Crippen LogP contribution in [0.5, 0.6) is 0 Å². The zero-order valence-corrected chi connectivity index (χ0v) is 17.3. The maximum atomic E-state index is 12.6. The lowest BCUT2D eigenvalue weighted by Gasteiger charge is -2.33. The molecule has 0 aromatic rings. The van der Waals surface area contributed by atoms with E-state index in [1.807, 2.05) is 0 Å². The number of rotatable bonds is 4. The molecule has 0 radical (unpaired) electrons. The standard InChI is InChI=1S/C22H28O7/c1-6-11(2)20(24)28-16-9-12(3)14-7-8-22(5,26)18(14)19-17(16)15(21(25)29-19)10-27-13(4)23/h6,14,16,18-19,26H,3,7-10H2,1-2,4-5H3. The van der Waals surface area contributed by atoms with E-state index in [0.717, 1.165) is 5.57 Å². The Morgan fingerprint density at radius 1 is 1.38 bits per heavy atom. The Morgan fingerprint density at radius 2 is 2.07 bits per heavy atom. The van der Waals surface area contributed by atoms with Gasteiger partial charge < -0.3 is 19.3 Å². The number of fused-ring (bicyclic) bond motifs is 3. The van der Waals surface area contributed by atoms with E-state index in [1.54, 1.807) is 26.8 Å². The Morgan fingerprint density at radius 3 is 2.69 bits per heavy atom. The van der Waals surface area contributed by atoms with Gasteiger partial charge in [-0.1, -0.05) is 18.2 Å². The minimum atomic E-state index is -1.06. The zero-order valence-electron chi connectivity index (χ0n) is 17.3. The van der Waals surface area contributed by atoms with E-state index >= 15 is 0 Å². The van der Waals surface area contributed by atoms with E-state index in [4.69, 9.17) is 14.2 Å². The van der Waals surface area contributed by atoms with Crippen LogP contribution in [0.2, 0.25) is 0 Å². The van der Waals surface area contributed by atoms with Crippen molar-refractivity contribution in [1.29, 1.82) is 0 Å². The monoisotopic (exact) mass is 404 g/mol. The van der Waals surface area contributed by atoms with Crippen molar-refractivity contribution in [2.45, 2.75) is 64.8 Å². The van der Waals surface area contributed by atoms with Gasteiger partial charge in [0.1, 0.15) is 18.8 Å². The average molecular weight is 404 g/mol. The van der Waals surface area contributed by atoms with Gasteiger partial charge in [0.2, 0.25) is 0 Å². The maximum Gasteiger partial charge on any atom is 0.338 e. The number of hydrogen-bond acceptors (Lipinski definition) is 7. The fourth-order valence-corrected chi connectivity index (χ4v) is 4.67. The Labute approximate surface area is 170 Å². The molecule has 7 heteroatoms. The van der Waals surface area contributed by atoms with Gasteiger partial charge in [-0.2, -0.15) is 0 Å². The van der Waals surface area contributed by atoms with E-state index in [9.17, 15) is 19.5 Å². The van der Waals surface area contributed by atoms with Gasteiger partial charge in [0, 0.05) is 30.4 Å². The van der Waals surface area contributed by atoms with Crippen LogP contribution < -0.4 is 0 Å².